The van der Waals surface area contributed by atoms with Crippen LogP contribution in [0.5, 0.6) is 11.5 Å². The van der Waals surface area contributed by atoms with Gasteiger partial charge in [-0.3, -0.25) is 4.79 Å². The van der Waals surface area contributed by atoms with Crippen molar-refractivity contribution in [2.45, 2.75) is 39.9 Å². The quantitative estimate of drug-likeness (QED) is 0.648. The summed E-state index contributed by atoms with van der Waals surface area (Å²) in [7, 11) is 0. The second-order valence-corrected chi connectivity index (χ2v) is 7.64. The Morgan fingerprint density at radius 3 is 2.30 bits per heavy atom. The number of nitrogens with zero attached hydrogens (tertiary/aromatic N) is 2. The zero-order chi connectivity index (χ0) is 22.3. The van der Waals surface area contributed by atoms with E-state index in [1.165, 1.54) is 18.2 Å². The molecule has 1 aromatic rings. The molecule has 2 amide bonds. The van der Waals surface area contributed by atoms with Gasteiger partial charge in [-0.25, -0.2) is 4.79 Å². The molecule has 0 N–H and O–H groups in total. The molecule has 0 unspecified atom stereocenters. The first kappa shape index (κ1) is 23.4. The van der Waals surface area contributed by atoms with Crippen LogP contribution in [0.15, 0.2) is 24.3 Å². The molecule has 1 saturated heterocycles. The third kappa shape index (κ3) is 7.20. The first-order valence-electron chi connectivity index (χ1n) is 9.75. The SMILES string of the molecule is CCOc1cc(/C=C/C(=O)N2CCN(C(=O)OC(C)(C)C)CC2)ccc1OC(F)F. The van der Waals surface area contributed by atoms with Gasteiger partial charge in [-0.2, -0.15) is 8.78 Å². The zero-order valence-electron chi connectivity index (χ0n) is 17.7. The van der Waals surface area contributed by atoms with Gasteiger partial charge in [0.15, 0.2) is 11.5 Å². The molecule has 0 aliphatic carbocycles. The van der Waals surface area contributed by atoms with Gasteiger partial charge in [-0.1, -0.05) is 6.07 Å². The van der Waals surface area contributed by atoms with Crippen molar-refractivity contribution in [1.82, 2.24) is 9.80 Å². The number of rotatable bonds is 6. The number of alkyl halides is 2. The summed E-state index contributed by atoms with van der Waals surface area (Å²) >= 11 is 0. The monoisotopic (exact) mass is 426 g/mol. The molecule has 0 saturated carbocycles. The largest absolute Gasteiger partial charge is 0.490 e. The first-order chi connectivity index (χ1) is 14.1. The number of ether oxygens (including phenoxy) is 3. The van der Waals surface area contributed by atoms with Gasteiger partial charge in [0.1, 0.15) is 5.60 Å². The van der Waals surface area contributed by atoms with E-state index in [0.29, 0.717) is 31.7 Å². The van der Waals surface area contributed by atoms with E-state index in [0.717, 1.165) is 0 Å². The van der Waals surface area contributed by atoms with E-state index in [4.69, 9.17) is 9.47 Å². The molecular formula is C21H28F2N2O5. The van der Waals surface area contributed by atoms with Crippen LogP contribution in [0.4, 0.5) is 13.6 Å². The predicted octanol–water partition coefficient (Wildman–Crippen LogP) is 3.78. The number of amides is 2. The van der Waals surface area contributed by atoms with Crippen molar-refractivity contribution in [3.63, 3.8) is 0 Å². The van der Waals surface area contributed by atoms with Gasteiger partial charge in [0.25, 0.3) is 0 Å². The molecule has 9 heteroatoms. The molecule has 166 valence electrons. The second kappa shape index (κ2) is 10.3. The van der Waals surface area contributed by atoms with Crippen LogP contribution in [0.25, 0.3) is 6.08 Å². The Balaban J connectivity index is 1.95. The molecular weight excluding hydrogens is 398 g/mol. The highest BCUT2D eigenvalue weighted by molar-refractivity contribution is 5.92. The van der Waals surface area contributed by atoms with Crippen molar-refractivity contribution in [1.29, 1.82) is 0 Å². The topological polar surface area (TPSA) is 68.3 Å². The lowest BCUT2D eigenvalue weighted by Gasteiger charge is -2.35. The number of hydrogen-bond donors (Lipinski definition) is 0. The summed E-state index contributed by atoms with van der Waals surface area (Å²) in [6.07, 6.45) is 2.60. The van der Waals surface area contributed by atoms with Crippen molar-refractivity contribution in [3.8, 4) is 11.5 Å². The summed E-state index contributed by atoms with van der Waals surface area (Å²) in [5.41, 5.74) is 0.0454. The smallest absolute Gasteiger partial charge is 0.410 e. The van der Waals surface area contributed by atoms with Crippen LogP contribution in [0.3, 0.4) is 0 Å². The van der Waals surface area contributed by atoms with Gasteiger partial charge in [0, 0.05) is 32.3 Å². The zero-order valence-corrected chi connectivity index (χ0v) is 17.7. The molecule has 0 bridgehead atoms. The van der Waals surface area contributed by atoms with E-state index in [9.17, 15) is 18.4 Å². The minimum Gasteiger partial charge on any atom is -0.490 e. The minimum atomic E-state index is -2.95. The Labute approximate surface area is 175 Å². The van der Waals surface area contributed by atoms with Gasteiger partial charge in [-0.15, -0.1) is 0 Å². The summed E-state index contributed by atoms with van der Waals surface area (Å²) in [5.74, 6) is -0.0864. The predicted molar refractivity (Wildman–Crippen MR) is 108 cm³/mol. The Morgan fingerprint density at radius 2 is 1.73 bits per heavy atom. The Hall–Kier alpha value is -2.84. The van der Waals surface area contributed by atoms with Gasteiger partial charge in [0.2, 0.25) is 5.91 Å². The maximum absolute atomic E-state index is 12.5. The lowest BCUT2D eigenvalue weighted by Crippen LogP contribution is -2.51. The number of carbonyl (C=O) groups is 2. The Bertz CT molecular complexity index is 769. The fraction of sp³-hybridized carbons (Fsp3) is 0.524. The molecule has 1 fully saturated rings. The molecule has 1 aliphatic heterocycles. The number of halogens is 2. The van der Waals surface area contributed by atoms with Crippen LogP contribution in [-0.4, -0.2) is 66.8 Å². The molecule has 1 aliphatic rings. The highest BCUT2D eigenvalue weighted by Gasteiger charge is 2.27. The molecule has 2 rings (SSSR count). The average Bonchev–Trinajstić information content (AvgIpc) is 2.66. The van der Waals surface area contributed by atoms with E-state index in [1.807, 2.05) is 0 Å². The number of benzene rings is 1. The third-order valence-corrected chi connectivity index (χ3v) is 4.15. The molecule has 0 atom stereocenters. The maximum atomic E-state index is 12.5. The lowest BCUT2D eigenvalue weighted by atomic mass is 10.2. The highest BCUT2D eigenvalue weighted by Crippen LogP contribution is 2.30. The summed E-state index contributed by atoms with van der Waals surface area (Å²) in [5, 5.41) is 0. The maximum Gasteiger partial charge on any atom is 0.410 e. The summed E-state index contributed by atoms with van der Waals surface area (Å²) in [6.45, 7) is 6.05. The Kier molecular flexibility index (Phi) is 8.02. The van der Waals surface area contributed by atoms with Crippen molar-refractivity contribution < 1.29 is 32.6 Å². The van der Waals surface area contributed by atoms with Crippen LogP contribution in [-0.2, 0) is 9.53 Å². The van der Waals surface area contributed by atoms with Gasteiger partial charge in [0.05, 0.1) is 6.61 Å². The van der Waals surface area contributed by atoms with E-state index >= 15 is 0 Å². The fourth-order valence-corrected chi connectivity index (χ4v) is 2.80. The fourth-order valence-electron chi connectivity index (χ4n) is 2.80. The van der Waals surface area contributed by atoms with E-state index in [1.54, 1.807) is 49.6 Å². The number of piperazine rings is 1. The standard InChI is InChI=1S/C21H28F2N2O5/c1-5-28-17-14-15(6-8-16(17)29-19(22)23)7-9-18(26)24-10-12-25(13-11-24)20(27)30-21(2,3)4/h6-9,14,19H,5,10-13H2,1-4H3/b9-7+. The second-order valence-electron chi connectivity index (χ2n) is 7.64. The highest BCUT2D eigenvalue weighted by atomic mass is 19.3. The molecule has 0 aromatic heterocycles. The lowest BCUT2D eigenvalue weighted by molar-refractivity contribution is -0.127. The van der Waals surface area contributed by atoms with Crippen molar-refractivity contribution in [2.24, 2.45) is 0 Å². The number of hydrogen-bond acceptors (Lipinski definition) is 5. The van der Waals surface area contributed by atoms with Crippen LogP contribution in [0, 0.1) is 0 Å². The average molecular weight is 426 g/mol. The van der Waals surface area contributed by atoms with Crippen LogP contribution >= 0.6 is 0 Å². The van der Waals surface area contributed by atoms with Gasteiger partial charge in [-0.05, 0) is 51.5 Å². The van der Waals surface area contributed by atoms with Crippen molar-refractivity contribution in [3.05, 3.63) is 29.8 Å². The van der Waals surface area contributed by atoms with Crippen molar-refractivity contribution in [2.75, 3.05) is 32.8 Å². The Morgan fingerprint density at radius 1 is 1.10 bits per heavy atom. The first-order valence-corrected chi connectivity index (χ1v) is 9.75. The van der Waals surface area contributed by atoms with E-state index in [-0.39, 0.29) is 30.1 Å². The van der Waals surface area contributed by atoms with Crippen LogP contribution in [0.1, 0.15) is 33.3 Å². The molecule has 1 heterocycles. The minimum absolute atomic E-state index is 0.0615. The molecule has 1 aromatic carbocycles. The van der Waals surface area contributed by atoms with Gasteiger partial charge < -0.3 is 24.0 Å². The molecule has 30 heavy (non-hydrogen) atoms. The normalized spacial score (nSPS) is 14.9. The van der Waals surface area contributed by atoms with Crippen molar-refractivity contribution >= 4 is 18.1 Å². The van der Waals surface area contributed by atoms with E-state index < -0.39 is 12.2 Å². The summed E-state index contributed by atoms with van der Waals surface area (Å²) in [4.78, 5) is 27.8. The summed E-state index contributed by atoms with van der Waals surface area (Å²) in [6, 6.07) is 4.47. The third-order valence-electron chi connectivity index (χ3n) is 4.15. The molecule has 0 radical (unpaired) electrons. The van der Waals surface area contributed by atoms with Crippen LogP contribution in [0.2, 0.25) is 0 Å². The van der Waals surface area contributed by atoms with Gasteiger partial charge >= 0.3 is 12.7 Å². The number of carbonyl (C=O) groups excluding carboxylic acids is 2. The van der Waals surface area contributed by atoms with E-state index in [2.05, 4.69) is 4.74 Å². The molecule has 7 nitrogen and oxygen atoms in total. The molecule has 0 spiro atoms. The van der Waals surface area contributed by atoms with Crippen LogP contribution < -0.4 is 9.47 Å². The summed E-state index contributed by atoms with van der Waals surface area (Å²) < 4.78 is 40.1.